The third-order valence-corrected chi connectivity index (χ3v) is 3.31. The maximum atomic E-state index is 13.3. The number of benzene rings is 2. The number of nitrogens with one attached hydrogen (secondary N) is 1. The Morgan fingerprint density at radius 1 is 1.29 bits per heavy atom. The lowest BCUT2D eigenvalue weighted by Gasteiger charge is -2.05. The van der Waals surface area contributed by atoms with Crippen LogP contribution in [0.5, 0.6) is 0 Å². The molecular formula is C19H19FN2O2. The molecule has 0 bridgehead atoms. The Labute approximate surface area is 140 Å². The second-order valence-electron chi connectivity index (χ2n) is 5.22. The monoisotopic (exact) mass is 326 g/mol. The minimum atomic E-state index is -0.498. The molecule has 2 aromatic carbocycles. The number of hydrogen-bond acceptors (Lipinski definition) is 3. The summed E-state index contributed by atoms with van der Waals surface area (Å²) in [7, 11) is 0. The van der Waals surface area contributed by atoms with Crippen molar-refractivity contribution in [3.63, 3.8) is 0 Å². The fourth-order valence-electron chi connectivity index (χ4n) is 2.02. The van der Waals surface area contributed by atoms with E-state index in [1.807, 2.05) is 30.3 Å². The average molecular weight is 326 g/mol. The predicted molar refractivity (Wildman–Crippen MR) is 91.7 cm³/mol. The van der Waals surface area contributed by atoms with Crippen molar-refractivity contribution in [1.29, 1.82) is 0 Å². The number of nitrogens with two attached hydrogens (primary N) is 1. The number of nitrogen functional groups attached to an aromatic ring is 1. The van der Waals surface area contributed by atoms with Gasteiger partial charge < -0.3 is 15.8 Å². The van der Waals surface area contributed by atoms with E-state index < -0.39 is 6.09 Å². The lowest BCUT2D eigenvalue weighted by molar-refractivity contribution is 0.140. The number of hydrogen-bond donors (Lipinski definition) is 2. The van der Waals surface area contributed by atoms with Crippen molar-refractivity contribution < 1.29 is 13.9 Å². The van der Waals surface area contributed by atoms with E-state index in [-0.39, 0.29) is 12.4 Å². The van der Waals surface area contributed by atoms with Gasteiger partial charge >= 0.3 is 6.09 Å². The van der Waals surface area contributed by atoms with Crippen LogP contribution in [0.25, 0.3) is 0 Å². The summed E-state index contributed by atoms with van der Waals surface area (Å²) in [6.07, 6.45) is -0.0862. The highest BCUT2D eigenvalue weighted by atomic mass is 19.1. The fraction of sp³-hybridized carbons (Fsp3) is 0.211. The molecule has 0 spiro atoms. The SMILES string of the molecule is Cc1cc(F)cc(C#CCCNC(=O)OCc2ccccc2)c1N. The molecule has 1 amide bonds. The van der Waals surface area contributed by atoms with E-state index in [1.165, 1.54) is 12.1 Å². The van der Waals surface area contributed by atoms with Crippen molar-refractivity contribution in [3.8, 4) is 11.8 Å². The van der Waals surface area contributed by atoms with Gasteiger partial charge in [-0.25, -0.2) is 9.18 Å². The smallest absolute Gasteiger partial charge is 0.407 e. The van der Waals surface area contributed by atoms with Crippen molar-refractivity contribution in [2.24, 2.45) is 0 Å². The van der Waals surface area contributed by atoms with E-state index >= 15 is 0 Å². The van der Waals surface area contributed by atoms with E-state index in [1.54, 1.807) is 6.92 Å². The van der Waals surface area contributed by atoms with Crippen LogP contribution < -0.4 is 11.1 Å². The highest BCUT2D eigenvalue weighted by Crippen LogP contribution is 2.17. The van der Waals surface area contributed by atoms with E-state index in [0.717, 1.165) is 5.56 Å². The van der Waals surface area contributed by atoms with E-state index in [0.29, 0.717) is 29.8 Å². The summed E-state index contributed by atoms with van der Waals surface area (Å²) < 4.78 is 18.4. The molecule has 0 atom stereocenters. The number of ether oxygens (including phenoxy) is 1. The quantitative estimate of drug-likeness (QED) is 0.514. The predicted octanol–water partition coefficient (Wildman–Crippen LogP) is 3.38. The van der Waals surface area contributed by atoms with Gasteiger partial charge in [0.1, 0.15) is 12.4 Å². The normalized spacial score (nSPS) is 9.75. The Morgan fingerprint density at radius 3 is 2.79 bits per heavy atom. The van der Waals surface area contributed by atoms with Crippen LogP contribution >= 0.6 is 0 Å². The van der Waals surface area contributed by atoms with Crippen LogP contribution in [0.1, 0.15) is 23.1 Å². The molecule has 0 unspecified atom stereocenters. The van der Waals surface area contributed by atoms with Gasteiger partial charge in [0, 0.05) is 13.0 Å². The largest absolute Gasteiger partial charge is 0.445 e. The van der Waals surface area contributed by atoms with Crippen LogP contribution in [-0.4, -0.2) is 12.6 Å². The van der Waals surface area contributed by atoms with Gasteiger partial charge in [0.25, 0.3) is 0 Å². The molecule has 124 valence electrons. The first-order valence-corrected chi connectivity index (χ1v) is 7.55. The summed E-state index contributed by atoms with van der Waals surface area (Å²) in [5, 5.41) is 2.61. The molecule has 0 heterocycles. The minimum Gasteiger partial charge on any atom is -0.445 e. The lowest BCUT2D eigenvalue weighted by atomic mass is 10.1. The molecule has 0 aromatic heterocycles. The van der Waals surface area contributed by atoms with Crippen molar-refractivity contribution in [1.82, 2.24) is 5.32 Å². The molecule has 3 N–H and O–H groups in total. The zero-order valence-corrected chi connectivity index (χ0v) is 13.4. The van der Waals surface area contributed by atoms with E-state index in [9.17, 15) is 9.18 Å². The second-order valence-corrected chi connectivity index (χ2v) is 5.22. The summed E-state index contributed by atoms with van der Waals surface area (Å²) >= 11 is 0. The van der Waals surface area contributed by atoms with E-state index in [2.05, 4.69) is 17.2 Å². The summed E-state index contributed by atoms with van der Waals surface area (Å²) in [6.45, 7) is 2.29. The second kappa shape index (κ2) is 8.59. The number of carbonyl (C=O) groups is 1. The Morgan fingerprint density at radius 2 is 2.04 bits per heavy atom. The molecule has 0 aliphatic carbocycles. The summed E-state index contributed by atoms with van der Waals surface area (Å²) in [6, 6.07) is 12.1. The number of halogens is 1. The molecule has 5 heteroatoms. The molecule has 24 heavy (non-hydrogen) atoms. The first-order valence-electron chi connectivity index (χ1n) is 7.55. The van der Waals surface area contributed by atoms with Crippen molar-refractivity contribution in [3.05, 3.63) is 65.0 Å². The van der Waals surface area contributed by atoms with Gasteiger partial charge in [0.2, 0.25) is 0 Å². The summed E-state index contributed by atoms with van der Waals surface area (Å²) in [5.41, 5.74) is 8.35. The summed E-state index contributed by atoms with van der Waals surface area (Å²) in [4.78, 5) is 11.5. The zero-order valence-electron chi connectivity index (χ0n) is 13.4. The Bertz CT molecular complexity index is 764. The van der Waals surface area contributed by atoms with Crippen LogP contribution in [0, 0.1) is 24.6 Å². The first-order chi connectivity index (χ1) is 11.6. The van der Waals surface area contributed by atoms with Crippen LogP contribution in [-0.2, 0) is 11.3 Å². The van der Waals surface area contributed by atoms with Gasteiger partial charge in [-0.15, -0.1) is 0 Å². The topological polar surface area (TPSA) is 64.3 Å². The molecule has 0 fully saturated rings. The van der Waals surface area contributed by atoms with Gasteiger partial charge in [0.05, 0.1) is 11.3 Å². The average Bonchev–Trinajstić information content (AvgIpc) is 2.57. The van der Waals surface area contributed by atoms with Crippen molar-refractivity contribution >= 4 is 11.8 Å². The van der Waals surface area contributed by atoms with Gasteiger partial charge in [-0.2, -0.15) is 0 Å². The third kappa shape index (κ3) is 5.33. The van der Waals surface area contributed by atoms with Gasteiger partial charge in [-0.3, -0.25) is 0 Å². The maximum absolute atomic E-state index is 13.3. The highest BCUT2D eigenvalue weighted by molar-refractivity contribution is 5.67. The molecule has 2 aromatic rings. The van der Waals surface area contributed by atoms with Crippen LogP contribution in [0.2, 0.25) is 0 Å². The fourth-order valence-corrected chi connectivity index (χ4v) is 2.02. The number of aryl methyl sites for hydroxylation is 1. The number of alkyl carbamates (subject to hydrolysis) is 1. The Balaban J connectivity index is 1.74. The van der Waals surface area contributed by atoms with E-state index in [4.69, 9.17) is 10.5 Å². The van der Waals surface area contributed by atoms with Crippen LogP contribution in [0.3, 0.4) is 0 Å². The molecule has 0 saturated carbocycles. The van der Waals surface area contributed by atoms with Crippen molar-refractivity contribution in [2.75, 3.05) is 12.3 Å². The maximum Gasteiger partial charge on any atom is 0.407 e. The molecule has 0 radical (unpaired) electrons. The van der Waals surface area contributed by atoms with Gasteiger partial charge in [0.15, 0.2) is 0 Å². The summed E-state index contributed by atoms with van der Waals surface area (Å²) in [5.74, 6) is 5.31. The van der Waals surface area contributed by atoms with Gasteiger partial charge in [-0.05, 0) is 30.2 Å². The van der Waals surface area contributed by atoms with Crippen LogP contribution in [0.15, 0.2) is 42.5 Å². The van der Waals surface area contributed by atoms with Gasteiger partial charge in [-0.1, -0.05) is 42.2 Å². The standard InChI is InChI=1S/C19H19FN2O2/c1-14-11-17(20)12-16(18(14)21)9-5-6-10-22-19(23)24-13-15-7-3-2-4-8-15/h2-4,7-8,11-12H,6,10,13,21H2,1H3,(H,22,23). The molecule has 0 saturated heterocycles. The Hall–Kier alpha value is -3.00. The molecule has 0 aliphatic heterocycles. The van der Waals surface area contributed by atoms with Crippen LogP contribution in [0.4, 0.5) is 14.9 Å². The number of rotatable bonds is 4. The molecule has 0 aliphatic rings. The third-order valence-electron chi connectivity index (χ3n) is 3.31. The first kappa shape index (κ1) is 17.4. The number of amides is 1. The molecule has 4 nitrogen and oxygen atoms in total. The molecular weight excluding hydrogens is 307 g/mol. The minimum absolute atomic E-state index is 0.220. The highest BCUT2D eigenvalue weighted by Gasteiger charge is 2.03. The zero-order chi connectivity index (χ0) is 17.4. The number of carbonyl (C=O) groups excluding carboxylic acids is 1. The molecule has 2 rings (SSSR count). The lowest BCUT2D eigenvalue weighted by Crippen LogP contribution is -2.24. The Kier molecular flexibility index (Phi) is 6.21. The number of anilines is 1. The van der Waals surface area contributed by atoms with Crippen molar-refractivity contribution in [2.45, 2.75) is 20.0 Å².